The Morgan fingerprint density at radius 2 is 1.88 bits per heavy atom. The van der Waals surface area contributed by atoms with E-state index in [1.54, 1.807) is 48.7 Å². The number of nitriles is 1. The Balaban J connectivity index is 1.87. The maximum absolute atomic E-state index is 12.7. The first-order chi connectivity index (χ1) is 12.6. The molecule has 0 aliphatic carbocycles. The normalized spacial score (nSPS) is 11.5. The molecular formula is C20H16N4O2. The number of aromatic nitrogens is 1. The summed E-state index contributed by atoms with van der Waals surface area (Å²) < 4.78 is 0. The number of para-hydroxylation sites is 1. The largest absolute Gasteiger partial charge is 0.368 e. The fourth-order valence-corrected chi connectivity index (χ4v) is 2.77. The van der Waals surface area contributed by atoms with Crippen molar-refractivity contribution in [2.24, 2.45) is 5.73 Å². The molecule has 2 amide bonds. The van der Waals surface area contributed by atoms with Gasteiger partial charge in [-0.15, -0.1) is 0 Å². The number of fused-ring (bicyclic) bond motifs is 1. The summed E-state index contributed by atoms with van der Waals surface area (Å²) in [5.74, 6) is -1.10. The Labute approximate surface area is 150 Å². The second-order valence-electron chi connectivity index (χ2n) is 5.78. The molecule has 6 nitrogen and oxygen atoms in total. The topological polar surface area (TPSA) is 109 Å². The third-order valence-corrected chi connectivity index (χ3v) is 4.09. The van der Waals surface area contributed by atoms with E-state index in [2.05, 4.69) is 16.4 Å². The molecule has 6 heteroatoms. The summed E-state index contributed by atoms with van der Waals surface area (Å²) >= 11 is 0. The maximum atomic E-state index is 12.7. The minimum atomic E-state index is -0.934. The molecule has 0 saturated heterocycles. The van der Waals surface area contributed by atoms with Gasteiger partial charge < -0.3 is 11.1 Å². The minimum Gasteiger partial charge on any atom is -0.368 e. The third-order valence-electron chi connectivity index (χ3n) is 4.09. The van der Waals surface area contributed by atoms with Crippen molar-refractivity contribution in [1.82, 2.24) is 10.3 Å². The van der Waals surface area contributed by atoms with Gasteiger partial charge in [-0.3, -0.25) is 14.6 Å². The quantitative estimate of drug-likeness (QED) is 0.737. The van der Waals surface area contributed by atoms with Crippen LogP contribution in [0.4, 0.5) is 0 Å². The van der Waals surface area contributed by atoms with Crippen LogP contribution in [0.3, 0.4) is 0 Å². The van der Waals surface area contributed by atoms with E-state index in [1.807, 2.05) is 12.1 Å². The van der Waals surface area contributed by atoms with E-state index in [1.165, 1.54) is 0 Å². The zero-order valence-electron chi connectivity index (χ0n) is 13.8. The first-order valence-corrected chi connectivity index (χ1v) is 8.02. The number of carbonyl (C=O) groups is 2. The predicted molar refractivity (Wildman–Crippen MR) is 97.1 cm³/mol. The second-order valence-corrected chi connectivity index (χ2v) is 5.78. The fourth-order valence-electron chi connectivity index (χ4n) is 2.77. The molecule has 0 saturated carbocycles. The number of nitrogens with two attached hydrogens (primary N) is 1. The lowest BCUT2D eigenvalue weighted by molar-refractivity contribution is -0.119. The lowest BCUT2D eigenvalue weighted by atomic mass is 10.00. The number of rotatable bonds is 5. The highest BCUT2D eigenvalue weighted by atomic mass is 16.2. The molecule has 3 rings (SSSR count). The molecule has 2 aromatic carbocycles. The number of pyridine rings is 1. The molecule has 26 heavy (non-hydrogen) atoms. The number of hydrogen-bond donors (Lipinski definition) is 2. The molecule has 3 aromatic rings. The average molecular weight is 344 g/mol. The molecule has 1 heterocycles. The number of benzene rings is 2. The van der Waals surface area contributed by atoms with Gasteiger partial charge in [-0.2, -0.15) is 5.26 Å². The summed E-state index contributed by atoms with van der Waals surface area (Å²) in [6.07, 6.45) is 1.75. The summed E-state index contributed by atoms with van der Waals surface area (Å²) in [5, 5.41) is 12.7. The van der Waals surface area contributed by atoms with E-state index < -0.39 is 17.9 Å². The van der Waals surface area contributed by atoms with Gasteiger partial charge in [0.15, 0.2) is 0 Å². The smallest absolute Gasteiger partial charge is 0.254 e. The highest BCUT2D eigenvalue weighted by Crippen LogP contribution is 2.16. The number of amides is 2. The Morgan fingerprint density at radius 1 is 1.12 bits per heavy atom. The molecular weight excluding hydrogens is 328 g/mol. The first kappa shape index (κ1) is 17.1. The van der Waals surface area contributed by atoms with Gasteiger partial charge in [-0.05, 0) is 23.8 Å². The highest BCUT2D eigenvalue weighted by Gasteiger charge is 2.22. The Bertz CT molecular complexity index is 1020. The van der Waals surface area contributed by atoms with Crippen molar-refractivity contribution >= 4 is 22.7 Å². The van der Waals surface area contributed by atoms with E-state index in [9.17, 15) is 14.9 Å². The number of hydrogen-bond acceptors (Lipinski definition) is 4. The Hall–Kier alpha value is -3.72. The van der Waals surface area contributed by atoms with E-state index >= 15 is 0 Å². The molecule has 0 bridgehead atoms. The second kappa shape index (κ2) is 7.45. The summed E-state index contributed by atoms with van der Waals surface area (Å²) in [6, 6.07) is 16.9. The lowest BCUT2D eigenvalue weighted by Crippen LogP contribution is -2.46. The molecule has 128 valence electrons. The van der Waals surface area contributed by atoms with E-state index in [4.69, 9.17) is 5.73 Å². The number of nitrogens with one attached hydrogen (secondary N) is 1. The van der Waals surface area contributed by atoms with Gasteiger partial charge in [0.25, 0.3) is 5.91 Å². The minimum absolute atomic E-state index is 0.142. The van der Waals surface area contributed by atoms with Crippen LogP contribution in [0.5, 0.6) is 0 Å². The summed E-state index contributed by atoms with van der Waals surface area (Å²) in [5.41, 5.74) is 7.47. The third kappa shape index (κ3) is 3.52. The van der Waals surface area contributed by atoms with Gasteiger partial charge >= 0.3 is 0 Å². The van der Waals surface area contributed by atoms with Gasteiger partial charge in [0.2, 0.25) is 5.91 Å². The monoisotopic (exact) mass is 344 g/mol. The van der Waals surface area contributed by atoms with Crippen molar-refractivity contribution in [3.8, 4) is 6.07 Å². The molecule has 0 fully saturated rings. The van der Waals surface area contributed by atoms with Crippen molar-refractivity contribution in [3.05, 3.63) is 77.5 Å². The highest BCUT2D eigenvalue weighted by molar-refractivity contribution is 6.06. The van der Waals surface area contributed by atoms with Crippen molar-refractivity contribution in [2.75, 3.05) is 0 Å². The molecule has 0 radical (unpaired) electrons. The van der Waals surface area contributed by atoms with Crippen LogP contribution in [-0.4, -0.2) is 22.8 Å². The van der Waals surface area contributed by atoms with Crippen LogP contribution in [0, 0.1) is 11.3 Å². The van der Waals surface area contributed by atoms with Crippen molar-refractivity contribution in [3.63, 3.8) is 0 Å². The molecule has 0 aliphatic rings. The first-order valence-electron chi connectivity index (χ1n) is 8.02. The van der Waals surface area contributed by atoms with E-state index in [0.29, 0.717) is 22.2 Å². The van der Waals surface area contributed by atoms with Crippen LogP contribution in [0.1, 0.15) is 21.5 Å². The molecule has 1 atom stereocenters. The number of primary amides is 1. The van der Waals surface area contributed by atoms with Gasteiger partial charge in [0.05, 0.1) is 22.7 Å². The van der Waals surface area contributed by atoms with Gasteiger partial charge in [0.1, 0.15) is 6.04 Å². The molecule has 3 N–H and O–H groups in total. The van der Waals surface area contributed by atoms with Crippen LogP contribution in [0.25, 0.3) is 10.9 Å². The van der Waals surface area contributed by atoms with Gasteiger partial charge in [-0.1, -0.05) is 36.4 Å². The number of nitrogens with zero attached hydrogens (tertiary/aromatic N) is 2. The van der Waals surface area contributed by atoms with Crippen LogP contribution in [0.15, 0.2) is 60.8 Å². The van der Waals surface area contributed by atoms with Crippen LogP contribution in [-0.2, 0) is 11.2 Å². The Kier molecular flexibility index (Phi) is 4.90. The lowest BCUT2D eigenvalue weighted by Gasteiger charge is -2.17. The SMILES string of the molecule is N#Cc1ccccc1C[C@@H](NC(=O)c1cccc2cccnc12)C(N)=O. The van der Waals surface area contributed by atoms with Crippen LogP contribution < -0.4 is 11.1 Å². The standard InChI is InChI=1S/C20H16N4O2/c21-12-15-6-2-1-5-14(15)11-17(19(22)25)24-20(26)16-9-3-7-13-8-4-10-23-18(13)16/h1-10,17H,11H2,(H2,22,25)(H,24,26)/t17-/m1/s1. The molecule has 0 aliphatic heterocycles. The number of carbonyl (C=O) groups excluding carboxylic acids is 2. The molecule has 0 spiro atoms. The van der Waals surface area contributed by atoms with E-state index in [0.717, 1.165) is 5.39 Å². The molecule has 0 unspecified atom stereocenters. The van der Waals surface area contributed by atoms with Gasteiger partial charge in [-0.25, -0.2) is 0 Å². The molecule has 1 aromatic heterocycles. The van der Waals surface area contributed by atoms with Crippen LogP contribution in [0.2, 0.25) is 0 Å². The average Bonchev–Trinajstić information content (AvgIpc) is 2.67. The van der Waals surface area contributed by atoms with E-state index in [-0.39, 0.29) is 6.42 Å². The predicted octanol–water partition coefficient (Wildman–Crippen LogP) is 1.93. The zero-order chi connectivity index (χ0) is 18.5. The Morgan fingerprint density at radius 3 is 2.65 bits per heavy atom. The summed E-state index contributed by atoms with van der Waals surface area (Å²) in [6.45, 7) is 0. The fraction of sp³-hybridized carbons (Fsp3) is 0.100. The van der Waals surface area contributed by atoms with Crippen LogP contribution >= 0.6 is 0 Å². The van der Waals surface area contributed by atoms with Gasteiger partial charge in [0, 0.05) is 18.0 Å². The van der Waals surface area contributed by atoms with Crippen molar-refractivity contribution in [1.29, 1.82) is 5.26 Å². The zero-order valence-corrected chi connectivity index (χ0v) is 13.8. The summed E-state index contributed by atoms with van der Waals surface area (Å²) in [7, 11) is 0. The van der Waals surface area contributed by atoms with Crippen molar-refractivity contribution < 1.29 is 9.59 Å². The summed E-state index contributed by atoms with van der Waals surface area (Å²) in [4.78, 5) is 28.8. The van der Waals surface area contributed by atoms with Crippen molar-refractivity contribution in [2.45, 2.75) is 12.5 Å². The maximum Gasteiger partial charge on any atom is 0.254 e.